The highest BCUT2D eigenvalue weighted by molar-refractivity contribution is 7.94. The predicted octanol–water partition coefficient (Wildman–Crippen LogP) is 2.18. The Bertz CT molecular complexity index is 660. The minimum Gasteiger partial charge on any atom is -0.481 e. The Balaban J connectivity index is 2.14. The number of carbonyl (C=O) groups is 1. The molecule has 0 unspecified atom stereocenters. The maximum atomic E-state index is 11.9. The molecule has 5 nitrogen and oxygen atoms in total. The molecule has 7 heteroatoms. The van der Waals surface area contributed by atoms with Gasteiger partial charge in [0.1, 0.15) is 4.21 Å². The van der Waals surface area contributed by atoms with Crippen LogP contribution in [0, 0.1) is 0 Å². The Hall–Kier alpha value is -1.86. The van der Waals surface area contributed by atoms with Crippen LogP contribution >= 0.6 is 11.3 Å². The van der Waals surface area contributed by atoms with Gasteiger partial charge in [-0.15, -0.1) is 11.3 Å². The second-order valence-corrected chi connectivity index (χ2v) is 6.66. The highest BCUT2D eigenvalue weighted by Gasteiger charge is 2.14. The van der Waals surface area contributed by atoms with E-state index in [2.05, 4.69) is 4.72 Å². The van der Waals surface area contributed by atoms with Gasteiger partial charge in [0.05, 0.1) is 6.42 Å². The molecule has 2 N–H and O–H groups in total. The SMILES string of the molecule is O=C(O)Cc1ccc(NS(=O)(=O)c2cccs2)cc1. The van der Waals surface area contributed by atoms with Crippen LogP contribution in [-0.2, 0) is 21.2 Å². The number of carboxylic acids is 1. The van der Waals surface area contributed by atoms with Gasteiger partial charge in [-0.25, -0.2) is 8.42 Å². The van der Waals surface area contributed by atoms with Gasteiger partial charge in [-0.05, 0) is 29.1 Å². The Morgan fingerprint density at radius 3 is 2.42 bits per heavy atom. The number of benzene rings is 1. The van der Waals surface area contributed by atoms with Crippen molar-refractivity contribution < 1.29 is 18.3 Å². The first-order valence-electron chi connectivity index (χ1n) is 5.34. The summed E-state index contributed by atoms with van der Waals surface area (Å²) in [7, 11) is -3.55. The minimum absolute atomic E-state index is 0.0854. The van der Waals surface area contributed by atoms with Crippen LogP contribution in [0.2, 0.25) is 0 Å². The zero-order chi connectivity index (χ0) is 13.9. The lowest BCUT2D eigenvalue weighted by Gasteiger charge is -2.06. The number of anilines is 1. The van der Waals surface area contributed by atoms with Crippen LogP contribution in [0.25, 0.3) is 0 Å². The van der Waals surface area contributed by atoms with Gasteiger partial charge in [0.25, 0.3) is 10.0 Å². The van der Waals surface area contributed by atoms with E-state index in [1.807, 2.05) is 0 Å². The quantitative estimate of drug-likeness (QED) is 0.886. The first-order valence-corrected chi connectivity index (χ1v) is 7.71. The van der Waals surface area contributed by atoms with E-state index in [1.54, 1.807) is 35.7 Å². The van der Waals surface area contributed by atoms with Crippen molar-refractivity contribution in [2.24, 2.45) is 0 Å². The molecule has 0 saturated heterocycles. The highest BCUT2D eigenvalue weighted by Crippen LogP contribution is 2.20. The van der Waals surface area contributed by atoms with Gasteiger partial charge >= 0.3 is 5.97 Å². The molecule has 1 heterocycles. The lowest BCUT2D eigenvalue weighted by Crippen LogP contribution is -2.11. The first kappa shape index (κ1) is 13.6. The van der Waals surface area contributed by atoms with Crippen LogP contribution in [0.5, 0.6) is 0 Å². The number of carboxylic acid groups (broad SMARTS) is 1. The maximum Gasteiger partial charge on any atom is 0.307 e. The Labute approximate surface area is 114 Å². The molecule has 0 bridgehead atoms. The lowest BCUT2D eigenvalue weighted by molar-refractivity contribution is -0.136. The molecule has 0 aliphatic rings. The van der Waals surface area contributed by atoms with E-state index in [-0.39, 0.29) is 10.6 Å². The molecule has 0 saturated carbocycles. The Morgan fingerprint density at radius 1 is 1.21 bits per heavy atom. The summed E-state index contributed by atoms with van der Waals surface area (Å²) in [5, 5.41) is 10.3. The summed E-state index contributed by atoms with van der Waals surface area (Å²) in [6, 6.07) is 9.44. The molecular weight excluding hydrogens is 286 g/mol. The smallest absolute Gasteiger partial charge is 0.307 e. The maximum absolute atomic E-state index is 11.9. The minimum atomic E-state index is -3.55. The van der Waals surface area contributed by atoms with E-state index < -0.39 is 16.0 Å². The zero-order valence-corrected chi connectivity index (χ0v) is 11.4. The number of nitrogens with one attached hydrogen (secondary N) is 1. The Kier molecular flexibility index (Phi) is 3.87. The van der Waals surface area contributed by atoms with Crippen molar-refractivity contribution in [3.63, 3.8) is 0 Å². The molecule has 0 atom stereocenters. The fourth-order valence-electron chi connectivity index (χ4n) is 1.49. The first-order chi connectivity index (χ1) is 8.97. The van der Waals surface area contributed by atoms with E-state index in [0.29, 0.717) is 11.3 Å². The van der Waals surface area contributed by atoms with Gasteiger partial charge in [-0.3, -0.25) is 9.52 Å². The summed E-state index contributed by atoms with van der Waals surface area (Å²) in [4.78, 5) is 10.5. The molecule has 100 valence electrons. The summed E-state index contributed by atoms with van der Waals surface area (Å²) in [5.74, 6) is -0.924. The fourth-order valence-corrected chi connectivity index (χ4v) is 3.54. The van der Waals surface area contributed by atoms with Gasteiger partial charge < -0.3 is 5.11 Å². The van der Waals surface area contributed by atoms with Crippen molar-refractivity contribution in [3.05, 3.63) is 47.3 Å². The third-order valence-corrected chi connectivity index (χ3v) is 5.10. The van der Waals surface area contributed by atoms with Crippen molar-refractivity contribution >= 4 is 33.0 Å². The van der Waals surface area contributed by atoms with Gasteiger partial charge in [-0.2, -0.15) is 0 Å². The second kappa shape index (κ2) is 5.41. The average molecular weight is 297 g/mol. The summed E-state index contributed by atoms with van der Waals surface area (Å²) in [6.45, 7) is 0. The number of hydrogen-bond donors (Lipinski definition) is 2. The summed E-state index contributed by atoms with van der Waals surface area (Å²) >= 11 is 1.13. The van der Waals surface area contributed by atoms with Crippen molar-refractivity contribution in [3.8, 4) is 0 Å². The number of hydrogen-bond acceptors (Lipinski definition) is 4. The van der Waals surface area contributed by atoms with Crippen molar-refractivity contribution in [1.82, 2.24) is 0 Å². The van der Waals surface area contributed by atoms with Crippen LogP contribution < -0.4 is 4.72 Å². The number of aliphatic carboxylic acids is 1. The van der Waals surface area contributed by atoms with Crippen LogP contribution in [0.4, 0.5) is 5.69 Å². The standard InChI is InChI=1S/C12H11NO4S2/c14-11(15)8-9-3-5-10(6-4-9)13-19(16,17)12-2-1-7-18-12/h1-7,13H,8H2,(H,14,15). The van der Waals surface area contributed by atoms with E-state index in [9.17, 15) is 13.2 Å². The molecule has 0 aliphatic heterocycles. The average Bonchev–Trinajstić information content (AvgIpc) is 2.85. The molecular formula is C12H11NO4S2. The van der Waals surface area contributed by atoms with E-state index in [0.717, 1.165) is 11.3 Å². The molecule has 0 aliphatic carbocycles. The van der Waals surface area contributed by atoms with Gasteiger partial charge in [-0.1, -0.05) is 18.2 Å². The fraction of sp³-hybridized carbons (Fsp3) is 0.0833. The van der Waals surface area contributed by atoms with E-state index >= 15 is 0 Å². The Morgan fingerprint density at radius 2 is 1.89 bits per heavy atom. The van der Waals surface area contributed by atoms with E-state index in [4.69, 9.17) is 5.11 Å². The third kappa shape index (κ3) is 3.55. The van der Waals surface area contributed by atoms with Crippen molar-refractivity contribution in [2.75, 3.05) is 4.72 Å². The van der Waals surface area contributed by atoms with Crippen LogP contribution in [0.15, 0.2) is 46.0 Å². The van der Waals surface area contributed by atoms with Gasteiger partial charge in [0, 0.05) is 5.69 Å². The largest absolute Gasteiger partial charge is 0.481 e. The molecule has 19 heavy (non-hydrogen) atoms. The number of rotatable bonds is 5. The van der Waals surface area contributed by atoms with Crippen LogP contribution in [0.3, 0.4) is 0 Å². The van der Waals surface area contributed by atoms with E-state index in [1.165, 1.54) is 6.07 Å². The summed E-state index contributed by atoms with van der Waals surface area (Å²) < 4.78 is 26.5. The normalized spacial score (nSPS) is 11.2. The molecule has 1 aromatic heterocycles. The monoisotopic (exact) mass is 297 g/mol. The molecule has 0 spiro atoms. The third-order valence-electron chi connectivity index (χ3n) is 2.32. The van der Waals surface area contributed by atoms with Gasteiger partial charge in [0.2, 0.25) is 0 Å². The van der Waals surface area contributed by atoms with Crippen LogP contribution in [0.1, 0.15) is 5.56 Å². The van der Waals surface area contributed by atoms with Gasteiger partial charge in [0.15, 0.2) is 0 Å². The lowest BCUT2D eigenvalue weighted by atomic mass is 10.1. The molecule has 0 amide bonds. The highest BCUT2D eigenvalue weighted by atomic mass is 32.2. The molecule has 1 aromatic carbocycles. The topological polar surface area (TPSA) is 83.5 Å². The molecule has 0 radical (unpaired) electrons. The second-order valence-electron chi connectivity index (χ2n) is 3.81. The summed E-state index contributed by atoms with van der Waals surface area (Å²) in [6.07, 6.45) is -0.0854. The molecule has 2 rings (SSSR count). The van der Waals surface area contributed by atoms with Crippen molar-refractivity contribution in [1.29, 1.82) is 0 Å². The number of thiophene rings is 1. The van der Waals surface area contributed by atoms with Crippen LogP contribution in [-0.4, -0.2) is 19.5 Å². The zero-order valence-electron chi connectivity index (χ0n) is 9.74. The number of sulfonamides is 1. The van der Waals surface area contributed by atoms with Crippen molar-refractivity contribution in [2.45, 2.75) is 10.6 Å². The molecule has 2 aromatic rings. The predicted molar refractivity (Wildman–Crippen MR) is 72.9 cm³/mol. The summed E-state index contributed by atoms with van der Waals surface area (Å²) in [5.41, 5.74) is 1.02. The molecule has 0 fully saturated rings.